The molecule has 5 heterocycles. The van der Waals surface area contributed by atoms with E-state index in [0.29, 0.717) is 5.71 Å². The van der Waals surface area contributed by atoms with Crippen molar-refractivity contribution in [2.24, 2.45) is 9.98 Å². The van der Waals surface area contributed by atoms with Crippen LogP contribution in [0, 0.1) is 0 Å². The van der Waals surface area contributed by atoms with Crippen LogP contribution in [0.4, 0.5) is 0 Å². The number of allylic oxidation sites excluding steroid dienone is 5. The zero-order valence-corrected chi connectivity index (χ0v) is 16.8. The Kier molecular flexibility index (Phi) is 4.37. The van der Waals surface area contributed by atoms with Gasteiger partial charge in [-0.2, -0.15) is 0 Å². The lowest BCUT2D eigenvalue weighted by molar-refractivity contribution is -0.115. The van der Waals surface area contributed by atoms with Crippen molar-refractivity contribution in [1.29, 1.82) is 0 Å². The van der Waals surface area contributed by atoms with Crippen LogP contribution in [0.2, 0.25) is 0 Å². The molecule has 0 aliphatic carbocycles. The molecule has 7 heteroatoms. The number of fused-ring (bicyclic) bond motifs is 7. The number of aliphatic imine (C=N–C) groups is 2. The zero-order valence-electron chi connectivity index (χ0n) is 15.2. The molecule has 2 aromatic heterocycles. The van der Waals surface area contributed by atoms with Gasteiger partial charge in [0.1, 0.15) is 0 Å². The summed E-state index contributed by atoms with van der Waals surface area (Å²) in [6.07, 6.45) is 13.7. The molecule has 8 bridgehead atoms. The average molecular weight is 446 g/mol. The third-order valence-electron chi connectivity index (χ3n) is 4.57. The van der Waals surface area contributed by atoms with E-state index in [1.54, 1.807) is 0 Å². The van der Waals surface area contributed by atoms with Gasteiger partial charge in [0, 0.05) is 27.8 Å². The Labute approximate surface area is 174 Å². The van der Waals surface area contributed by atoms with E-state index in [2.05, 4.69) is 41.2 Å². The van der Waals surface area contributed by atoms with Crippen molar-refractivity contribution in [1.82, 2.24) is 15.3 Å². The van der Waals surface area contributed by atoms with Gasteiger partial charge in [0.25, 0.3) is 5.91 Å². The number of alkyl halides is 1. The first kappa shape index (κ1) is 17.6. The molecule has 29 heavy (non-hydrogen) atoms. The first-order valence-electron chi connectivity index (χ1n) is 9.09. The molecule has 6 nitrogen and oxygen atoms in total. The van der Waals surface area contributed by atoms with E-state index in [-0.39, 0.29) is 11.2 Å². The lowest BCUT2D eigenvalue weighted by atomic mass is 10.2. The molecule has 0 radical (unpaired) electrons. The molecule has 0 saturated carbocycles. The first-order chi connectivity index (χ1) is 14.1. The van der Waals surface area contributed by atoms with Crippen molar-refractivity contribution in [3.8, 4) is 0 Å². The van der Waals surface area contributed by atoms with Crippen molar-refractivity contribution in [2.75, 3.05) is 5.33 Å². The maximum absolute atomic E-state index is 11.9. The molecular weight excluding hydrogens is 430 g/mol. The molecule has 3 aliphatic heterocycles. The Morgan fingerprint density at radius 1 is 0.931 bits per heavy atom. The summed E-state index contributed by atoms with van der Waals surface area (Å²) < 4.78 is 0. The number of H-pyrrole nitrogens is 2. The number of carbonyl (C=O) groups excluding carboxylic acids is 1. The van der Waals surface area contributed by atoms with Crippen LogP contribution in [0.3, 0.4) is 0 Å². The molecule has 2 aromatic rings. The van der Waals surface area contributed by atoms with Crippen molar-refractivity contribution in [2.45, 2.75) is 0 Å². The topological polar surface area (TPSA) is 85.4 Å². The minimum atomic E-state index is -0.236. The number of aromatic nitrogens is 2. The maximum Gasteiger partial charge on any atom is 0.256 e. The molecule has 5 rings (SSSR count). The summed E-state index contributed by atoms with van der Waals surface area (Å²) in [5, 5.41) is 5.45. The fraction of sp³-hybridized carbons (Fsp3) is 0.0455. The van der Waals surface area contributed by atoms with Gasteiger partial charge >= 0.3 is 0 Å². The number of rotatable bonds is 1. The number of hydrogen-bond donors (Lipinski definition) is 3. The number of amides is 1. The molecule has 3 N–H and O–H groups in total. The monoisotopic (exact) mass is 445 g/mol. The fourth-order valence-electron chi connectivity index (χ4n) is 3.32. The van der Waals surface area contributed by atoms with Gasteiger partial charge in [-0.05, 0) is 66.8 Å². The molecule has 0 saturated heterocycles. The summed E-state index contributed by atoms with van der Waals surface area (Å²) >= 11 is 3.17. The highest BCUT2D eigenvalue weighted by Crippen LogP contribution is 2.18. The molecule has 1 amide bonds. The van der Waals surface area contributed by atoms with E-state index in [1.807, 2.05) is 66.8 Å². The number of nitrogens with one attached hydrogen (secondary N) is 3. The van der Waals surface area contributed by atoms with Gasteiger partial charge in [-0.1, -0.05) is 15.9 Å². The summed E-state index contributed by atoms with van der Waals surface area (Å²) in [6.45, 7) is 0. The van der Waals surface area contributed by atoms with Crippen molar-refractivity contribution < 1.29 is 4.79 Å². The lowest BCUT2D eigenvalue weighted by Gasteiger charge is -2.02. The lowest BCUT2D eigenvalue weighted by Crippen LogP contribution is -2.15. The minimum Gasteiger partial charge on any atom is -0.355 e. The third kappa shape index (κ3) is 3.77. The van der Waals surface area contributed by atoms with Gasteiger partial charge in [0.05, 0.1) is 28.1 Å². The van der Waals surface area contributed by atoms with Gasteiger partial charge in [-0.25, -0.2) is 9.98 Å². The normalized spacial score (nSPS) is 18.3. The summed E-state index contributed by atoms with van der Waals surface area (Å²) in [6, 6.07) is 8.09. The Morgan fingerprint density at radius 2 is 1.72 bits per heavy atom. The molecule has 0 fully saturated rings. The van der Waals surface area contributed by atoms with Crippen LogP contribution in [-0.2, 0) is 4.79 Å². The maximum atomic E-state index is 11.9. The molecule has 0 spiro atoms. The Morgan fingerprint density at radius 3 is 2.55 bits per heavy atom. The van der Waals surface area contributed by atoms with Gasteiger partial charge in [-0.15, -0.1) is 0 Å². The predicted molar refractivity (Wildman–Crippen MR) is 119 cm³/mol. The second-order valence-corrected chi connectivity index (χ2v) is 7.33. The third-order valence-corrected chi connectivity index (χ3v) is 5.05. The van der Waals surface area contributed by atoms with E-state index >= 15 is 0 Å². The predicted octanol–water partition coefficient (Wildman–Crippen LogP) is 2.05. The highest BCUT2D eigenvalue weighted by Gasteiger charge is 2.17. The van der Waals surface area contributed by atoms with Gasteiger partial charge in [-0.3, -0.25) is 4.79 Å². The van der Waals surface area contributed by atoms with Crippen molar-refractivity contribution >= 4 is 51.5 Å². The number of hydrogen-bond acceptors (Lipinski definition) is 3. The van der Waals surface area contributed by atoms with E-state index in [9.17, 15) is 4.79 Å². The van der Waals surface area contributed by atoms with Crippen LogP contribution >= 0.6 is 15.9 Å². The van der Waals surface area contributed by atoms with E-state index in [1.165, 1.54) is 0 Å². The second kappa shape index (κ2) is 7.18. The van der Waals surface area contributed by atoms with Crippen LogP contribution in [0.15, 0.2) is 75.6 Å². The second-order valence-electron chi connectivity index (χ2n) is 6.77. The van der Waals surface area contributed by atoms with Crippen LogP contribution in [-0.4, -0.2) is 32.6 Å². The fourth-order valence-corrected chi connectivity index (χ4v) is 3.44. The van der Waals surface area contributed by atoms with E-state index in [4.69, 9.17) is 0 Å². The molecular formula is C22H16BrN5O. The Hall–Kier alpha value is -3.45. The van der Waals surface area contributed by atoms with Crippen molar-refractivity contribution in [3.05, 3.63) is 87.7 Å². The van der Waals surface area contributed by atoms with E-state index in [0.717, 1.165) is 44.9 Å². The minimum absolute atomic E-state index is 0.179. The summed E-state index contributed by atoms with van der Waals surface area (Å²) in [7, 11) is 0. The van der Waals surface area contributed by atoms with Gasteiger partial charge in [0.2, 0.25) is 0 Å². The number of nitrogens with zero attached hydrogens (tertiary/aromatic N) is 2. The quantitative estimate of drug-likeness (QED) is 0.586. The van der Waals surface area contributed by atoms with Crippen LogP contribution in [0.25, 0.3) is 18.2 Å². The molecule has 0 aromatic carbocycles. The molecule has 0 atom stereocenters. The number of carbonyl (C=O) groups is 1. The summed E-state index contributed by atoms with van der Waals surface area (Å²) in [4.78, 5) is 27.5. The van der Waals surface area contributed by atoms with E-state index < -0.39 is 0 Å². The van der Waals surface area contributed by atoms with Crippen LogP contribution in [0.5, 0.6) is 0 Å². The van der Waals surface area contributed by atoms with Crippen molar-refractivity contribution in [3.63, 3.8) is 0 Å². The highest BCUT2D eigenvalue weighted by atomic mass is 79.9. The zero-order chi connectivity index (χ0) is 19.8. The highest BCUT2D eigenvalue weighted by molar-refractivity contribution is 9.09. The molecule has 3 aliphatic rings. The first-order valence-corrected chi connectivity index (χ1v) is 10.2. The van der Waals surface area contributed by atoms with Crippen LogP contribution < -0.4 is 16.0 Å². The number of halogens is 1. The summed E-state index contributed by atoms with van der Waals surface area (Å²) in [5.41, 5.74) is 5.80. The Balaban J connectivity index is 1.68. The number of aromatic amines is 2. The van der Waals surface area contributed by atoms with Gasteiger partial charge < -0.3 is 15.3 Å². The Bertz CT molecular complexity index is 1330. The van der Waals surface area contributed by atoms with Gasteiger partial charge in [0.15, 0.2) is 0 Å². The molecule has 142 valence electrons. The standard InChI is InChI=1S/C22H16BrN5O/c23-12-22(29)28-21-11-19-9-17-4-3-15(25-17)7-13-1-2-14(24-13)8-16-5-6-18(26-16)10-20(21)27-19/h1-11,24-25,27H,12H2. The van der Waals surface area contributed by atoms with Crippen LogP contribution in [0.1, 0.15) is 11.4 Å². The molecule has 0 unspecified atom stereocenters. The smallest absolute Gasteiger partial charge is 0.256 e. The SMILES string of the molecule is O=C(CBr)N=C1C=C2C=c3ccc([nH]3)=Cc3ccc([nH]3)C=C3C=CC(=N3)C=C1N2. The largest absolute Gasteiger partial charge is 0.355 e. The average Bonchev–Trinajstić information content (AvgIpc) is 3.47. The summed E-state index contributed by atoms with van der Waals surface area (Å²) in [5.74, 6) is -0.236.